The second-order valence-corrected chi connectivity index (χ2v) is 9.03. The molecule has 1 aliphatic heterocycles. The highest BCUT2D eigenvalue weighted by atomic mass is 16.5. The summed E-state index contributed by atoms with van der Waals surface area (Å²) in [5.41, 5.74) is 0. The molecule has 0 atom stereocenters. The van der Waals surface area contributed by atoms with Crippen LogP contribution in [0.4, 0.5) is 0 Å². The van der Waals surface area contributed by atoms with Crippen molar-refractivity contribution in [1.29, 1.82) is 0 Å². The smallest absolute Gasteiger partial charge is 0.194 e. The van der Waals surface area contributed by atoms with E-state index < -0.39 is 0 Å². The summed E-state index contributed by atoms with van der Waals surface area (Å²) in [5.74, 6) is 3.01. The van der Waals surface area contributed by atoms with Gasteiger partial charge in [0.25, 0.3) is 0 Å². The Morgan fingerprint density at radius 1 is 1.23 bits per heavy atom. The third kappa shape index (κ3) is 7.95. The zero-order chi connectivity index (χ0) is 21.0. The van der Waals surface area contributed by atoms with Gasteiger partial charge < -0.3 is 24.3 Å². The molecule has 6 nitrogen and oxygen atoms in total. The number of aliphatic imine (C=N–C) groups is 1. The number of hydrogen-bond donors (Lipinski definition) is 1. The van der Waals surface area contributed by atoms with E-state index in [9.17, 15) is 0 Å². The summed E-state index contributed by atoms with van der Waals surface area (Å²) in [5, 5.41) is 3.79. The van der Waals surface area contributed by atoms with Crippen LogP contribution in [-0.2, 0) is 11.2 Å². The molecule has 1 saturated heterocycles. The average Bonchev–Trinajstić information content (AvgIpc) is 3.46. The number of nitrogens with zero attached hydrogens (tertiary/aromatic N) is 3. The molecule has 1 saturated carbocycles. The largest absolute Gasteiger partial charge is 0.469 e. The van der Waals surface area contributed by atoms with E-state index in [2.05, 4.69) is 22.2 Å². The molecule has 2 fully saturated rings. The lowest BCUT2D eigenvalue weighted by Gasteiger charge is -2.35. The number of piperidine rings is 1. The fourth-order valence-electron chi connectivity index (χ4n) is 4.66. The van der Waals surface area contributed by atoms with Gasteiger partial charge in [-0.3, -0.25) is 4.99 Å². The highest BCUT2D eigenvalue weighted by Crippen LogP contribution is 2.23. The van der Waals surface area contributed by atoms with Crippen molar-refractivity contribution in [2.24, 2.45) is 10.9 Å². The Balaban J connectivity index is 1.42. The minimum Gasteiger partial charge on any atom is -0.469 e. The zero-order valence-corrected chi connectivity index (χ0v) is 19.2. The first kappa shape index (κ1) is 23.1. The maximum Gasteiger partial charge on any atom is 0.194 e. The van der Waals surface area contributed by atoms with E-state index in [1.165, 1.54) is 57.9 Å². The van der Waals surface area contributed by atoms with Gasteiger partial charge >= 0.3 is 0 Å². The van der Waals surface area contributed by atoms with Gasteiger partial charge in [-0.05, 0) is 70.2 Å². The lowest BCUT2D eigenvalue weighted by atomic mass is 9.92. The second-order valence-electron chi connectivity index (χ2n) is 9.03. The molecular weight excluding hydrogens is 376 g/mol. The summed E-state index contributed by atoms with van der Waals surface area (Å²) in [7, 11) is 3.97. The number of guanidine groups is 1. The number of methoxy groups -OCH3 is 1. The van der Waals surface area contributed by atoms with Gasteiger partial charge in [0, 0.05) is 45.8 Å². The minimum atomic E-state index is 0.604. The zero-order valence-electron chi connectivity index (χ0n) is 19.2. The van der Waals surface area contributed by atoms with Gasteiger partial charge in [-0.2, -0.15) is 0 Å². The Bertz CT molecular complexity index is 590. The summed E-state index contributed by atoms with van der Waals surface area (Å²) < 4.78 is 10.6. The molecule has 1 aromatic heterocycles. The number of hydrogen-bond acceptors (Lipinski definition) is 4. The Labute approximate surface area is 183 Å². The molecule has 6 heteroatoms. The van der Waals surface area contributed by atoms with E-state index in [0.717, 1.165) is 56.8 Å². The van der Waals surface area contributed by atoms with Crippen molar-refractivity contribution in [2.75, 3.05) is 53.5 Å². The predicted octanol–water partition coefficient (Wildman–Crippen LogP) is 3.78. The normalized spacial score (nSPS) is 19.2. The van der Waals surface area contributed by atoms with Crippen LogP contribution < -0.4 is 5.32 Å². The molecule has 1 aliphatic carbocycles. The molecule has 0 radical (unpaired) electrons. The highest BCUT2D eigenvalue weighted by Gasteiger charge is 2.24. The van der Waals surface area contributed by atoms with Crippen LogP contribution in [0.3, 0.4) is 0 Å². The van der Waals surface area contributed by atoms with Crippen LogP contribution in [0, 0.1) is 5.92 Å². The molecule has 0 aromatic carbocycles. The number of rotatable bonds is 11. The number of likely N-dealkylation sites (tertiary alicyclic amines) is 1. The van der Waals surface area contributed by atoms with Gasteiger partial charge in [0.05, 0.1) is 12.9 Å². The van der Waals surface area contributed by atoms with Crippen molar-refractivity contribution in [3.63, 3.8) is 0 Å². The monoisotopic (exact) mass is 418 g/mol. The summed E-state index contributed by atoms with van der Waals surface area (Å²) in [6.45, 7) is 6.07. The van der Waals surface area contributed by atoms with Crippen LogP contribution in [0.1, 0.15) is 57.1 Å². The van der Waals surface area contributed by atoms with E-state index in [4.69, 9.17) is 14.1 Å². The van der Waals surface area contributed by atoms with Gasteiger partial charge in [-0.1, -0.05) is 12.8 Å². The Morgan fingerprint density at radius 2 is 2.03 bits per heavy atom. The molecule has 0 unspecified atom stereocenters. The predicted molar refractivity (Wildman–Crippen MR) is 123 cm³/mol. The molecule has 30 heavy (non-hydrogen) atoms. The van der Waals surface area contributed by atoms with Gasteiger partial charge in [0.1, 0.15) is 5.76 Å². The minimum absolute atomic E-state index is 0.604. The molecule has 1 aromatic rings. The summed E-state index contributed by atoms with van der Waals surface area (Å²) in [6, 6.07) is 4.60. The van der Waals surface area contributed by atoms with Gasteiger partial charge in [-0.15, -0.1) is 0 Å². The van der Waals surface area contributed by atoms with Crippen LogP contribution in [0.25, 0.3) is 0 Å². The van der Waals surface area contributed by atoms with Gasteiger partial charge in [0.15, 0.2) is 5.96 Å². The van der Waals surface area contributed by atoms with Crippen molar-refractivity contribution in [1.82, 2.24) is 15.1 Å². The molecule has 170 valence electrons. The summed E-state index contributed by atoms with van der Waals surface area (Å²) in [6.07, 6.45) is 13.1. The third-order valence-corrected chi connectivity index (χ3v) is 6.63. The van der Waals surface area contributed by atoms with Gasteiger partial charge in [0.2, 0.25) is 0 Å². The number of ether oxygens (including phenoxy) is 1. The van der Waals surface area contributed by atoms with Crippen LogP contribution in [-0.4, -0.2) is 75.3 Å². The summed E-state index contributed by atoms with van der Waals surface area (Å²) >= 11 is 0. The SMILES string of the molecule is COCCN(C)CCCC1CCN(C(=NCCc2ccco2)NC2CCCC2)CC1. The molecule has 3 rings (SSSR count). The molecule has 1 N–H and O–H groups in total. The van der Waals surface area contributed by atoms with E-state index in [1.807, 2.05) is 12.1 Å². The Kier molecular flexibility index (Phi) is 10.0. The number of nitrogens with one attached hydrogen (secondary N) is 1. The molecule has 0 spiro atoms. The van der Waals surface area contributed by atoms with Crippen molar-refractivity contribution >= 4 is 5.96 Å². The fourth-order valence-corrected chi connectivity index (χ4v) is 4.66. The van der Waals surface area contributed by atoms with E-state index in [-0.39, 0.29) is 0 Å². The van der Waals surface area contributed by atoms with Crippen LogP contribution in [0.5, 0.6) is 0 Å². The van der Waals surface area contributed by atoms with Crippen molar-refractivity contribution in [2.45, 2.75) is 63.8 Å². The number of likely N-dealkylation sites (N-methyl/N-ethyl adjacent to an activating group) is 1. The van der Waals surface area contributed by atoms with Crippen LogP contribution in [0.15, 0.2) is 27.8 Å². The first-order valence-electron chi connectivity index (χ1n) is 12.0. The first-order valence-corrected chi connectivity index (χ1v) is 12.0. The lowest BCUT2D eigenvalue weighted by Crippen LogP contribution is -2.48. The van der Waals surface area contributed by atoms with Crippen molar-refractivity contribution < 1.29 is 9.15 Å². The standard InChI is InChI=1S/C24H42N4O2/c1-27(18-20-29-2)15-5-7-21-12-16-28(17-13-21)24(26-22-8-3-4-9-22)25-14-11-23-10-6-19-30-23/h6,10,19,21-22H,3-5,7-9,11-18,20H2,1-2H3,(H,25,26). The van der Waals surface area contributed by atoms with E-state index >= 15 is 0 Å². The highest BCUT2D eigenvalue weighted by molar-refractivity contribution is 5.80. The topological polar surface area (TPSA) is 53.2 Å². The van der Waals surface area contributed by atoms with Crippen molar-refractivity contribution in [3.8, 4) is 0 Å². The lowest BCUT2D eigenvalue weighted by molar-refractivity contribution is 0.158. The average molecular weight is 419 g/mol. The third-order valence-electron chi connectivity index (χ3n) is 6.63. The maximum atomic E-state index is 5.47. The quantitative estimate of drug-likeness (QED) is 0.438. The van der Waals surface area contributed by atoms with Crippen molar-refractivity contribution in [3.05, 3.63) is 24.2 Å². The Morgan fingerprint density at radius 3 is 2.73 bits per heavy atom. The van der Waals surface area contributed by atoms with Crippen LogP contribution >= 0.6 is 0 Å². The van der Waals surface area contributed by atoms with Gasteiger partial charge in [-0.25, -0.2) is 0 Å². The molecule has 2 aliphatic rings. The van der Waals surface area contributed by atoms with E-state index in [0.29, 0.717) is 6.04 Å². The van der Waals surface area contributed by atoms with E-state index in [1.54, 1.807) is 13.4 Å². The van der Waals surface area contributed by atoms with Crippen LogP contribution in [0.2, 0.25) is 0 Å². The summed E-state index contributed by atoms with van der Waals surface area (Å²) in [4.78, 5) is 9.86. The Hall–Kier alpha value is -1.53. The number of furan rings is 1. The molecule has 0 bridgehead atoms. The molecule has 0 amide bonds. The first-order chi connectivity index (χ1) is 14.7. The maximum absolute atomic E-state index is 5.47. The second kappa shape index (κ2) is 13.0. The molecular formula is C24H42N4O2. The fraction of sp³-hybridized carbons (Fsp3) is 0.792. The molecule has 2 heterocycles.